The molecule has 1 aliphatic rings. The number of hydrogen-bond acceptors (Lipinski definition) is 3. The zero-order chi connectivity index (χ0) is 15.4. The van der Waals surface area contributed by atoms with Crippen molar-refractivity contribution in [2.24, 2.45) is 5.73 Å². The third-order valence-electron chi connectivity index (χ3n) is 4.50. The van der Waals surface area contributed by atoms with Gasteiger partial charge in [-0.1, -0.05) is 30.3 Å². The number of fused-ring (bicyclic) bond motifs is 1. The molecule has 4 heteroatoms. The Balaban J connectivity index is 1.99. The van der Waals surface area contributed by atoms with Crippen LogP contribution in [0, 0.1) is 11.3 Å². The Morgan fingerprint density at radius 2 is 2.14 bits per heavy atom. The van der Waals surface area contributed by atoms with Crippen LogP contribution in [0.1, 0.15) is 47.7 Å². The highest BCUT2D eigenvalue weighted by Crippen LogP contribution is 2.36. The Hall–Kier alpha value is -2.12. The SMILES string of the molecule is N#CCn1nc(Cc2ccccc2)c2c1CCCC2CCN. The lowest BCUT2D eigenvalue weighted by Gasteiger charge is -2.23. The molecule has 0 aliphatic heterocycles. The van der Waals surface area contributed by atoms with Gasteiger partial charge in [0, 0.05) is 17.7 Å². The number of benzene rings is 1. The molecule has 2 N–H and O–H groups in total. The minimum atomic E-state index is 0.340. The molecule has 1 aliphatic carbocycles. The molecule has 1 aromatic carbocycles. The van der Waals surface area contributed by atoms with E-state index in [0.29, 0.717) is 19.0 Å². The van der Waals surface area contributed by atoms with Crippen molar-refractivity contribution in [3.8, 4) is 6.07 Å². The maximum absolute atomic E-state index is 9.06. The van der Waals surface area contributed by atoms with Gasteiger partial charge in [0.05, 0.1) is 11.8 Å². The van der Waals surface area contributed by atoms with Gasteiger partial charge in [0.1, 0.15) is 6.54 Å². The van der Waals surface area contributed by atoms with Gasteiger partial charge in [-0.05, 0) is 43.7 Å². The van der Waals surface area contributed by atoms with Gasteiger partial charge in [-0.3, -0.25) is 4.68 Å². The Morgan fingerprint density at radius 1 is 1.32 bits per heavy atom. The van der Waals surface area contributed by atoms with E-state index in [1.807, 2.05) is 10.7 Å². The number of nitrogens with zero attached hydrogens (tertiary/aromatic N) is 3. The second-order valence-electron chi connectivity index (χ2n) is 5.95. The summed E-state index contributed by atoms with van der Waals surface area (Å²) in [4.78, 5) is 0. The summed E-state index contributed by atoms with van der Waals surface area (Å²) in [7, 11) is 0. The lowest BCUT2D eigenvalue weighted by Crippen LogP contribution is -2.16. The maximum atomic E-state index is 9.06. The Bertz CT molecular complexity index is 666. The van der Waals surface area contributed by atoms with Crippen LogP contribution in [0.5, 0.6) is 0 Å². The van der Waals surface area contributed by atoms with Crippen molar-refractivity contribution in [2.45, 2.75) is 44.6 Å². The Kier molecular flexibility index (Phi) is 4.55. The molecule has 1 aromatic heterocycles. The van der Waals surface area contributed by atoms with Gasteiger partial charge >= 0.3 is 0 Å². The van der Waals surface area contributed by atoms with Gasteiger partial charge in [0.2, 0.25) is 0 Å². The molecule has 0 bridgehead atoms. The summed E-state index contributed by atoms with van der Waals surface area (Å²) in [5.41, 5.74) is 10.8. The molecule has 2 aromatic rings. The first-order valence-corrected chi connectivity index (χ1v) is 8.03. The number of rotatable bonds is 5. The standard InChI is InChI=1S/C18H22N4/c19-10-9-15-7-4-8-17-18(15)16(21-22(17)12-11-20)13-14-5-2-1-3-6-14/h1-3,5-6,15H,4,7-10,12-13,19H2. The Morgan fingerprint density at radius 3 is 2.86 bits per heavy atom. The molecule has 0 fully saturated rings. The molecule has 0 radical (unpaired) electrons. The topological polar surface area (TPSA) is 67.6 Å². The molecular weight excluding hydrogens is 272 g/mol. The molecule has 1 unspecified atom stereocenters. The van der Waals surface area contributed by atoms with Gasteiger partial charge < -0.3 is 5.73 Å². The van der Waals surface area contributed by atoms with Crippen LogP contribution in [0.3, 0.4) is 0 Å². The normalized spacial score (nSPS) is 17.0. The lowest BCUT2D eigenvalue weighted by atomic mass is 9.82. The summed E-state index contributed by atoms with van der Waals surface area (Å²) in [6.45, 7) is 1.05. The van der Waals surface area contributed by atoms with E-state index in [1.54, 1.807) is 0 Å². The predicted molar refractivity (Wildman–Crippen MR) is 86.4 cm³/mol. The first kappa shape index (κ1) is 14.8. The van der Waals surface area contributed by atoms with E-state index in [0.717, 1.165) is 25.0 Å². The minimum Gasteiger partial charge on any atom is -0.330 e. The number of nitrogens with two attached hydrogens (primary N) is 1. The smallest absolute Gasteiger partial charge is 0.128 e. The van der Waals surface area contributed by atoms with Crippen molar-refractivity contribution < 1.29 is 0 Å². The predicted octanol–water partition coefficient (Wildman–Crippen LogP) is 2.77. The largest absolute Gasteiger partial charge is 0.330 e. The summed E-state index contributed by atoms with van der Waals surface area (Å²) in [5, 5.41) is 13.8. The first-order chi connectivity index (χ1) is 10.8. The molecule has 114 valence electrons. The van der Waals surface area contributed by atoms with Crippen molar-refractivity contribution in [1.82, 2.24) is 9.78 Å². The van der Waals surface area contributed by atoms with E-state index >= 15 is 0 Å². The second kappa shape index (κ2) is 6.76. The van der Waals surface area contributed by atoms with Gasteiger partial charge in [-0.25, -0.2) is 0 Å². The van der Waals surface area contributed by atoms with Crippen molar-refractivity contribution in [1.29, 1.82) is 5.26 Å². The first-order valence-electron chi connectivity index (χ1n) is 8.03. The summed E-state index contributed by atoms with van der Waals surface area (Å²) >= 11 is 0. The van der Waals surface area contributed by atoms with Gasteiger partial charge in [0.15, 0.2) is 0 Å². The van der Waals surface area contributed by atoms with Gasteiger partial charge in [-0.2, -0.15) is 10.4 Å². The molecule has 0 amide bonds. The lowest BCUT2D eigenvalue weighted by molar-refractivity contribution is 0.507. The zero-order valence-electron chi connectivity index (χ0n) is 12.8. The quantitative estimate of drug-likeness (QED) is 0.922. The van der Waals surface area contributed by atoms with Crippen molar-refractivity contribution in [2.75, 3.05) is 6.54 Å². The van der Waals surface area contributed by atoms with Crippen LogP contribution in [0.15, 0.2) is 30.3 Å². The molecule has 0 spiro atoms. The van der Waals surface area contributed by atoms with E-state index in [2.05, 4.69) is 30.3 Å². The number of nitriles is 1. The number of hydrogen-bond donors (Lipinski definition) is 1. The monoisotopic (exact) mass is 294 g/mol. The van der Waals surface area contributed by atoms with Crippen molar-refractivity contribution >= 4 is 0 Å². The van der Waals surface area contributed by atoms with Crippen molar-refractivity contribution in [3.63, 3.8) is 0 Å². The van der Waals surface area contributed by atoms with Crippen LogP contribution in [-0.4, -0.2) is 16.3 Å². The fraction of sp³-hybridized carbons (Fsp3) is 0.444. The fourth-order valence-electron chi connectivity index (χ4n) is 3.57. The van der Waals surface area contributed by atoms with Crippen LogP contribution in [0.4, 0.5) is 0 Å². The Labute approximate surface area is 131 Å². The molecule has 1 atom stereocenters. The van der Waals surface area contributed by atoms with E-state index in [-0.39, 0.29) is 0 Å². The highest BCUT2D eigenvalue weighted by atomic mass is 15.3. The summed E-state index contributed by atoms with van der Waals surface area (Å²) in [6, 6.07) is 12.7. The molecule has 22 heavy (non-hydrogen) atoms. The van der Waals surface area contributed by atoms with Crippen LogP contribution >= 0.6 is 0 Å². The van der Waals surface area contributed by atoms with Crippen LogP contribution in [0.2, 0.25) is 0 Å². The maximum Gasteiger partial charge on any atom is 0.128 e. The minimum absolute atomic E-state index is 0.340. The highest BCUT2D eigenvalue weighted by molar-refractivity contribution is 5.36. The zero-order valence-corrected chi connectivity index (χ0v) is 12.8. The van der Waals surface area contributed by atoms with E-state index < -0.39 is 0 Å². The average molecular weight is 294 g/mol. The molecule has 0 saturated heterocycles. The van der Waals surface area contributed by atoms with E-state index in [4.69, 9.17) is 16.1 Å². The molecule has 0 saturated carbocycles. The van der Waals surface area contributed by atoms with Crippen molar-refractivity contribution in [3.05, 3.63) is 52.8 Å². The second-order valence-corrected chi connectivity index (χ2v) is 5.95. The summed E-state index contributed by atoms with van der Waals surface area (Å²) < 4.78 is 1.91. The van der Waals surface area contributed by atoms with E-state index in [1.165, 1.54) is 29.7 Å². The highest BCUT2D eigenvalue weighted by Gasteiger charge is 2.27. The average Bonchev–Trinajstić information content (AvgIpc) is 2.88. The van der Waals surface area contributed by atoms with Crippen LogP contribution in [-0.2, 0) is 19.4 Å². The summed E-state index contributed by atoms with van der Waals surface area (Å²) in [6.07, 6.45) is 5.22. The third kappa shape index (κ3) is 2.90. The van der Waals surface area contributed by atoms with E-state index in [9.17, 15) is 0 Å². The molecular formula is C18H22N4. The molecule has 1 heterocycles. The summed E-state index contributed by atoms with van der Waals surface area (Å²) in [5.74, 6) is 0.500. The van der Waals surface area contributed by atoms with Crippen LogP contribution in [0.25, 0.3) is 0 Å². The fourth-order valence-corrected chi connectivity index (χ4v) is 3.57. The van der Waals surface area contributed by atoms with Crippen LogP contribution < -0.4 is 5.73 Å². The molecule has 3 rings (SSSR count). The van der Waals surface area contributed by atoms with Gasteiger partial charge in [0.25, 0.3) is 0 Å². The third-order valence-corrected chi connectivity index (χ3v) is 4.50. The van der Waals surface area contributed by atoms with Gasteiger partial charge in [-0.15, -0.1) is 0 Å². The molecule has 4 nitrogen and oxygen atoms in total. The number of aromatic nitrogens is 2.